The number of aromatic nitrogens is 1. The summed E-state index contributed by atoms with van der Waals surface area (Å²) in [6, 6.07) is 2.56. The molecule has 2 aromatic heterocycles. The molecule has 6 heteroatoms. The normalized spacial score (nSPS) is 10.5. The summed E-state index contributed by atoms with van der Waals surface area (Å²) in [5.41, 5.74) is 0.702. The van der Waals surface area contributed by atoms with Crippen LogP contribution in [0.3, 0.4) is 0 Å². The number of carbonyl (C=O) groups excluding carboxylic acids is 1. The molecule has 0 saturated heterocycles. The van der Waals surface area contributed by atoms with E-state index in [1.165, 1.54) is 28.4 Å². The molecule has 100 valence electrons. The van der Waals surface area contributed by atoms with Crippen molar-refractivity contribution in [3.05, 3.63) is 50.0 Å². The minimum atomic E-state index is -0.325. The van der Waals surface area contributed by atoms with E-state index in [-0.39, 0.29) is 17.1 Å². The van der Waals surface area contributed by atoms with Gasteiger partial charge in [0.15, 0.2) is 11.2 Å². The smallest absolute Gasteiger partial charge is 0.289 e. The molecule has 2 aromatic rings. The molecule has 0 aromatic carbocycles. The maximum Gasteiger partial charge on any atom is 0.289 e. The Morgan fingerprint density at radius 2 is 2.16 bits per heavy atom. The van der Waals surface area contributed by atoms with E-state index in [1.807, 2.05) is 12.3 Å². The molecule has 1 amide bonds. The van der Waals surface area contributed by atoms with Crippen molar-refractivity contribution in [3.8, 4) is 0 Å². The highest BCUT2D eigenvalue weighted by molar-refractivity contribution is 7.09. The first-order chi connectivity index (χ1) is 8.95. The zero-order valence-corrected chi connectivity index (χ0v) is 11.8. The predicted molar refractivity (Wildman–Crippen MR) is 72.4 cm³/mol. The number of hydrogen-bond acceptors (Lipinski definition) is 5. The number of nitrogens with zero attached hydrogens (tertiary/aromatic N) is 2. The second-order valence-corrected chi connectivity index (χ2v) is 5.25. The summed E-state index contributed by atoms with van der Waals surface area (Å²) in [5.74, 6) is 0.156. The Bertz CT molecular complexity index is 660. The van der Waals surface area contributed by atoms with Crippen LogP contribution in [0.4, 0.5) is 0 Å². The highest BCUT2D eigenvalue weighted by Crippen LogP contribution is 2.12. The lowest BCUT2D eigenvalue weighted by molar-refractivity contribution is 0.0748. The molecule has 0 saturated carbocycles. The Morgan fingerprint density at radius 1 is 1.42 bits per heavy atom. The van der Waals surface area contributed by atoms with Gasteiger partial charge in [-0.2, -0.15) is 0 Å². The molecule has 0 N–H and O–H groups in total. The Morgan fingerprint density at radius 3 is 2.74 bits per heavy atom. The molecular formula is C13H14N2O3S. The second kappa shape index (κ2) is 5.36. The lowest BCUT2D eigenvalue weighted by atomic mass is 10.3. The van der Waals surface area contributed by atoms with Gasteiger partial charge < -0.3 is 9.32 Å². The lowest BCUT2D eigenvalue weighted by Gasteiger charge is -2.14. The molecule has 19 heavy (non-hydrogen) atoms. The molecule has 2 rings (SSSR count). The van der Waals surface area contributed by atoms with E-state index in [9.17, 15) is 9.59 Å². The van der Waals surface area contributed by atoms with Gasteiger partial charge in [-0.1, -0.05) is 0 Å². The number of aryl methyl sites for hydroxylation is 2. The molecule has 2 heterocycles. The van der Waals surface area contributed by atoms with Crippen molar-refractivity contribution in [2.45, 2.75) is 20.4 Å². The highest BCUT2D eigenvalue weighted by atomic mass is 32.1. The molecule has 0 aliphatic rings. The minimum Gasteiger partial charge on any atom is -0.456 e. The molecule has 0 aliphatic heterocycles. The molecule has 0 spiro atoms. The predicted octanol–water partition coefficient (Wildman–Crippen LogP) is 1.99. The summed E-state index contributed by atoms with van der Waals surface area (Å²) in [6.45, 7) is 3.94. The number of amides is 1. The van der Waals surface area contributed by atoms with E-state index >= 15 is 0 Å². The number of rotatable bonds is 3. The van der Waals surface area contributed by atoms with E-state index in [4.69, 9.17) is 4.42 Å². The summed E-state index contributed by atoms with van der Waals surface area (Å²) in [7, 11) is 1.65. The molecule has 0 aliphatic carbocycles. The van der Waals surface area contributed by atoms with E-state index in [0.29, 0.717) is 12.3 Å². The summed E-state index contributed by atoms with van der Waals surface area (Å²) in [4.78, 5) is 29.3. The first-order valence-corrected chi connectivity index (χ1v) is 6.62. The van der Waals surface area contributed by atoms with Crippen LogP contribution in [-0.4, -0.2) is 22.8 Å². The van der Waals surface area contributed by atoms with Gasteiger partial charge in [-0.15, -0.1) is 11.3 Å². The molecule has 5 nitrogen and oxygen atoms in total. The van der Waals surface area contributed by atoms with Crippen LogP contribution in [0.1, 0.15) is 27.0 Å². The van der Waals surface area contributed by atoms with E-state index < -0.39 is 0 Å². The topological polar surface area (TPSA) is 63.4 Å². The summed E-state index contributed by atoms with van der Waals surface area (Å²) in [5, 5.41) is 2.78. The summed E-state index contributed by atoms with van der Waals surface area (Å²) < 4.78 is 5.28. The van der Waals surface area contributed by atoms with Crippen molar-refractivity contribution in [1.82, 2.24) is 9.88 Å². The van der Waals surface area contributed by atoms with E-state index in [0.717, 1.165) is 10.7 Å². The largest absolute Gasteiger partial charge is 0.456 e. The monoisotopic (exact) mass is 278 g/mol. The maximum atomic E-state index is 12.1. The molecule has 0 atom stereocenters. The second-order valence-electron chi connectivity index (χ2n) is 4.31. The van der Waals surface area contributed by atoms with Crippen LogP contribution >= 0.6 is 11.3 Å². The standard InChI is InChI=1S/C13H14N2O3S/c1-8-7-19-12(14-8)6-15(3)13(17)11-5-10(16)4-9(2)18-11/h4-5,7H,6H2,1-3H3. The third-order valence-corrected chi connectivity index (χ3v) is 3.44. The van der Waals surface area contributed by atoms with Gasteiger partial charge >= 0.3 is 0 Å². The van der Waals surface area contributed by atoms with Gasteiger partial charge in [0.2, 0.25) is 0 Å². The molecule has 0 bridgehead atoms. The Labute approximate surface area is 114 Å². The van der Waals surface area contributed by atoms with Crippen molar-refractivity contribution in [2.75, 3.05) is 7.05 Å². The van der Waals surface area contributed by atoms with Crippen LogP contribution in [0.15, 0.2) is 26.7 Å². The van der Waals surface area contributed by atoms with Gasteiger partial charge in [0.1, 0.15) is 10.8 Å². The lowest BCUT2D eigenvalue weighted by Crippen LogP contribution is -2.27. The van der Waals surface area contributed by atoms with Crippen LogP contribution in [0.25, 0.3) is 0 Å². The zero-order valence-electron chi connectivity index (χ0n) is 11.0. The van der Waals surface area contributed by atoms with Crippen LogP contribution in [-0.2, 0) is 6.54 Å². The highest BCUT2D eigenvalue weighted by Gasteiger charge is 2.16. The third-order valence-electron chi connectivity index (χ3n) is 2.49. The van der Waals surface area contributed by atoms with Gasteiger partial charge in [-0.25, -0.2) is 4.98 Å². The van der Waals surface area contributed by atoms with E-state index in [2.05, 4.69) is 4.98 Å². The van der Waals surface area contributed by atoms with Crippen LogP contribution < -0.4 is 5.43 Å². The zero-order chi connectivity index (χ0) is 14.0. The quantitative estimate of drug-likeness (QED) is 0.861. The maximum absolute atomic E-state index is 12.1. The van der Waals surface area contributed by atoms with E-state index in [1.54, 1.807) is 14.0 Å². The first-order valence-electron chi connectivity index (χ1n) is 5.74. The number of thiazole rings is 1. The number of hydrogen-bond donors (Lipinski definition) is 0. The summed E-state index contributed by atoms with van der Waals surface area (Å²) >= 11 is 1.50. The molecule has 0 radical (unpaired) electrons. The van der Waals surface area contributed by atoms with Crippen LogP contribution in [0.2, 0.25) is 0 Å². The first kappa shape index (κ1) is 13.5. The van der Waals surface area contributed by atoms with Crippen molar-refractivity contribution >= 4 is 17.2 Å². The third kappa shape index (κ3) is 3.29. The van der Waals surface area contributed by atoms with Crippen LogP contribution in [0.5, 0.6) is 0 Å². The van der Waals surface area contributed by atoms with Gasteiger partial charge in [0.05, 0.1) is 6.54 Å². The minimum absolute atomic E-state index is 0.0563. The Kier molecular flexibility index (Phi) is 3.80. The SMILES string of the molecule is Cc1csc(CN(C)C(=O)c2cc(=O)cc(C)o2)n1. The molecular weight excluding hydrogens is 264 g/mol. The van der Waals surface area contributed by atoms with Crippen LogP contribution in [0, 0.1) is 13.8 Å². The molecule has 0 fully saturated rings. The van der Waals surface area contributed by atoms with Crippen molar-refractivity contribution < 1.29 is 9.21 Å². The fourth-order valence-corrected chi connectivity index (χ4v) is 2.47. The summed E-state index contributed by atoms with van der Waals surface area (Å²) in [6.07, 6.45) is 0. The average Bonchev–Trinajstić information content (AvgIpc) is 2.72. The van der Waals surface area contributed by atoms with Gasteiger partial charge in [-0.05, 0) is 13.8 Å². The van der Waals surface area contributed by atoms with Crippen molar-refractivity contribution in [2.24, 2.45) is 0 Å². The number of carbonyl (C=O) groups is 1. The van der Waals surface area contributed by atoms with Gasteiger partial charge in [-0.3, -0.25) is 9.59 Å². The van der Waals surface area contributed by atoms with Gasteiger partial charge in [0.25, 0.3) is 5.91 Å². The van der Waals surface area contributed by atoms with Crippen molar-refractivity contribution in [1.29, 1.82) is 0 Å². The fourth-order valence-electron chi connectivity index (χ4n) is 1.65. The Hall–Kier alpha value is -1.95. The van der Waals surface area contributed by atoms with Gasteiger partial charge in [0, 0.05) is 30.3 Å². The molecule has 0 unspecified atom stereocenters. The Balaban J connectivity index is 2.16. The average molecular weight is 278 g/mol. The fraction of sp³-hybridized carbons (Fsp3) is 0.308. The van der Waals surface area contributed by atoms with Crippen molar-refractivity contribution in [3.63, 3.8) is 0 Å².